The normalized spacial score (nSPS) is 11.5. The third kappa shape index (κ3) is 7.54. The molecule has 3 heterocycles. The highest BCUT2D eigenvalue weighted by atomic mass is 16.3. The Morgan fingerprint density at radius 1 is 0.257 bits per heavy atom. The first-order chi connectivity index (χ1) is 36.7. The Balaban J connectivity index is 1.05. The molecule has 74 heavy (non-hydrogen) atoms. The standard InChI is InChI=1S/C69H44N4O/c1-5-18-45(19-6-1)48-32-36-51(37-33-48)60-44-54(43-59(50-24-11-4-12-25-50)65(60)73-62-30-15-13-26-55(62)61-42-53(40-41-63(61)73)47-22-9-3-10-23-47)68-70-67(52-38-34-49(35-39-52)46-20-7-2-8-21-46)71-69(72-68)58-29-17-28-57-56-27-14-16-31-64(56)74-66(57)58/h1-44H. The van der Waals surface area contributed by atoms with Crippen LogP contribution in [0.25, 0.3) is 139 Å². The first kappa shape index (κ1) is 42.9. The van der Waals surface area contributed by atoms with Crippen molar-refractivity contribution < 1.29 is 4.42 Å². The maximum absolute atomic E-state index is 6.65. The van der Waals surface area contributed by atoms with Crippen molar-refractivity contribution in [2.75, 3.05) is 0 Å². The lowest BCUT2D eigenvalue weighted by Crippen LogP contribution is -2.04. The molecule has 0 aliphatic heterocycles. The fraction of sp³-hybridized carbons (Fsp3) is 0. The minimum Gasteiger partial charge on any atom is -0.455 e. The van der Waals surface area contributed by atoms with E-state index >= 15 is 0 Å². The Bertz CT molecular complexity index is 4370. The van der Waals surface area contributed by atoms with Crippen LogP contribution < -0.4 is 0 Å². The molecule has 0 aliphatic carbocycles. The van der Waals surface area contributed by atoms with Crippen molar-refractivity contribution in [3.05, 3.63) is 267 Å². The highest BCUT2D eigenvalue weighted by molar-refractivity contribution is 6.12. The molecule has 0 radical (unpaired) electrons. The Morgan fingerprint density at radius 3 is 1.32 bits per heavy atom. The molecule has 3 aromatic heterocycles. The SMILES string of the molecule is c1ccc(-c2ccc(-c3nc(-c4cc(-c5ccccc5)c(-n5c6ccccc6c6cc(-c7ccccc7)ccc65)c(-c5ccc(-c6ccccc6)cc5)c4)nc(-c4cccc5c4oc4ccccc45)n3)cc2)cc1. The molecule has 14 aromatic rings. The lowest BCUT2D eigenvalue weighted by molar-refractivity contribution is 0.669. The van der Waals surface area contributed by atoms with Gasteiger partial charge in [-0.1, -0.05) is 224 Å². The molecule has 0 fully saturated rings. The van der Waals surface area contributed by atoms with Gasteiger partial charge in [0.15, 0.2) is 17.5 Å². The van der Waals surface area contributed by atoms with Gasteiger partial charge < -0.3 is 8.98 Å². The minimum absolute atomic E-state index is 0.525. The van der Waals surface area contributed by atoms with E-state index in [2.05, 4.69) is 247 Å². The van der Waals surface area contributed by atoms with E-state index < -0.39 is 0 Å². The monoisotopic (exact) mass is 944 g/mol. The van der Waals surface area contributed by atoms with Gasteiger partial charge in [0.1, 0.15) is 11.2 Å². The van der Waals surface area contributed by atoms with Gasteiger partial charge in [-0.3, -0.25) is 0 Å². The van der Waals surface area contributed by atoms with Crippen LogP contribution in [-0.4, -0.2) is 19.5 Å². The fourth-order valence-electron chi connectivity index (χ4n) is 10.7. The Morgan fingerprint density at radius 2 is 0.689 bits per heavy atom. The number of hydrogen-bond acceptors (Lipinski definition) is 4. The first-order valence-electron chi connectivity index (χ1n) is 25.0. The molecular formula is C69H44N4O. The Labute approximate surface area is 428 Å². The number of fused-ring (bicyclic) bond motifs is 6. The van der Waals surface area contributed by atoms with Crippen LogP contribution in [0.4, 0.5) is 0 Å². The third-order valence-electron chi connectivity index (χ3n) is 14.3. The van der Waals surface area contributed by atoms with Crippen molar-refractivity contribution in [2.45, 2.75) is 0 Å². The molecule has 11 aromatic carbocycles. The van der Waals surface area contributed by atoms with Gasteiger partial charge in [0.05, 0.1) is 22.3 Å². The van der Waals surface area contributed by atoms with E-state index in [1.54, 1.807) is 0 Å². The molecule has 0 saturated heterocycles. The van der Waals surface area contributed by atoms with Gasteiger partial charge in [-0.05, 0) is 87.0 Å². The van der Waals surface area contributed by atoms with Crippen LogP contribution in [0, 0.1) is 0 Å². The van der Waals surface area contributed by atoms with E-state index in [1.807, 2.05) is 24.3 Å². The van der Waals surface area contributed by atoms with Crippen molar-refractivity contribution in [1.82, 2.24) is 19.5 Å². The highest BCUT2D eigenvalue weighted by Gasteiger charge is 2.24. The van der Waals surface area contributed by atoms with E-state index in [0.29, 0.717) is 17.5 Å². The largest absolute Gasteiger partial charge is 0.455 e. The van der Waals surface area contributed by atoms with Crippen molar-refractivity contribution >= 4 is 43.7 Å². The van der Waals surface area contributed by atoms with Gasteiger partial charge in [-0.15, -0.1) is 0 Å². The van der Waals surface area contributed by atoms with Crippen LogP contribution in [-0.2, 0) is 0 Å². The van der Waals surface area contributed by atoms with Gasteiger partial charge in [-0.25, -0.2) is 15.0 Å². The maximum Gasteiger partial charge on any atom is 0.167 e. The Kier molecular flexibility index (Phi) is 10.4. The van der Waals surface area contributed by atoms with E-state index in [1.165, 1.54) is 21.9 Å². The summed E-state index contributed by atoms with van der Waals surface area (Å²) in [4.78, 5) is 16.2. The van der Waals surface area contributed by atoms with Crippen LogP contribution in [0.1, 0.15) is 0 Å². The number of furan rings is 1. The average molecular weight is 945 g/mol. The predicted octanol–water partition coefficient (Wildman–Crippen LogP) is 18.2. The van der Waals surface area contributed by atoms with Crippen molar-refractivity contribution in [3.8, 4) is 95.5 Å². The highest BCUT2D eigenvalue weighted by Crippen LogP contribution is 2.45. The molecule has 0 N–H and O–H groups in total. The van der Waals surface area contributed by atoms with Gasteiger partial charge in [0.25, 0.3) is 0 Å². The molecule has 0 saturated carbocycles. The van der Waals surface area contributed by atoms with E-state index in [4.69, 9.17) is 19.4 Å². The summed E-state index contributed by atoms with van der Waals surface area (Å²) in [5.74, 6) is 1.64. The number of rotatable bonds is 9. The molecule has 0 bridgehead atoms. The number of para-hydroxylation sites is 3. The molecule has 0 aliphatic rings. The van der Waals surface area contributed by atoms with Crippen LogP contribution >= 0.6 is 0 Å². The summed E-state index contributed by atoms with van der Waals surface area (Å²) in [6.07, 6.45) is 0. The molecule has 0 spiro atoms. The molecule has 5 nitrogen and oxygen atoms in total. The predicted molar refractivity (Wildman–Crippen MR) is 305 cm³/mol. The number of aromatic nitrogens is 4. The van der Waals surface area contributed by atoms with E-state index in [-0.39, 0.29) is 0 Å². The molecule has 0 atom stereocenters. The second-order valence-electron chi connectivity index (χ2n) is 18.7. The quantitative estimate of drug-likeness (QED) is 0.145. The molecule has 0 amide bonds. The second kappa shape index (κ2) is 18.0. The smallest absolute Gasteiger partial charge is 0.167 e. The van der Waals surface area contributed by atoms with Gasteiger partial charge in [-0.2, -0.15) is 0 Å². The first-order valence-corrected chi connectivity index (χ1v) is 25.0. The summed E-state index contributed by atoms with van der Waals surface area (Å²) in [5, 5.41) is 4.41. The zero-order chi connectivity index (χ0) is 49.0. The minimum atomic E-state index is 0.525. The molecule has 346 valence electrons. The van der Waals surface area contributed by atoms with Crippen molar-refractivity contribution in [1.29, 1.82) is 0 Å². The van der Waals surface area contributed by atoms with E-state index in [9.17, 15) is 0 Å². The van der Waals surface area contributed by atoms with Gasteiger partial charge >= 0.3 is 0 Å². The van der Waals surface area contributed by atoms with Crippen LogP contribution in [0.15, 0.2) is 271 Å². The zero-order valence-electron chi connectivity index (χ0n) is 40.1. The third-order valence-corrected chi connectivity index (χ3v) is 14.3. The summed E-state index contributed by atoms with van der Waals surface area (Å²) in [6.45, 7) is 0. The number of hydrogen-bond donors (Lipinski definition) is 0. The van der Waals surface area contributed by atoms with Crippen molar-refractivity contribution in [2.24, 2.45) is 0 Å². The summed E-state index contributed by atoms with van der Waals surface area (Å²) in [6, 6.07) is 94.4. The van der Waals surface area contributed by atoms with Crippen LogP contribution in [0.5, 0.6) is 0 Å². The van der Waals surface area contributed by atoms with Crippen LogP contribution in [0.2, 0.25) is 0 Å². The Hall–Kier alpha value is -9.97. The number of benzene rings is 11. The molecular weight excluding hydrogens is 901 g/mol. The maximum atomic E-state index is 6.65. The van der Waals surface area contributed by atoms with Gasteiger partial charge in [0.2, 0.25) is 0 Å². The summed E-state index contributed by atoms with van der Waals surface area (Å²) in [5.41, 5.74) is 18.5. The lowest BCUT2D eigenvalue weighted by atomic mass is 9.91. The van der Waals surface area contributed by atoms with Crippen molar-refractivity contribution in [3.63, 3.8) is 0 Å². The topological polar surface area (TPSA) is 56.7 Å². The summed E-state index contributed by atoms with van der Waals surface area (Å²) in [7, 11) is 0. The lowest BCUT2D eigenvalue weighted by Gasteiger charge is -2.21. The van der Waals surface area contributed by atoms with E-state index in [0.717, 1.165) is 99.9 Å². The van der Waals surface area contributed by atoms with Crippen LogP contribution in [0.3, 0.4) is 0 Å². The molecule has 5 heteroatoms. The zero-order valence-corrected chi connectivity index (χ0v) is 40.1. The average Bonchev–Trinajstić information content (AvgIpc) is 4.04. The fourth-order valence-corrected chi connectivity index (χ4v) is 10.7. The summed E-state index contributed by atoms with van der Waals surface area (Å²) >= 11 is 0. The number of nitrogens with zero attached hydrogens (tertiary/aromatic N) is 4. The summed E-state index contributed by atoms with van der Waals surface area (Å²) < 4.78 is 9.11. The second-order valence-corrected chi connectivity index (χ2v) is 18.7. The van der Waals surface area contributed by atoms with Gasteiger partial charge in [0, 0.05) is 43.8 Å². The molecule has 0 unspecified atom stereocenters. The molecule has 14 rings (SSSR count).